The molecular weight excluding hydrogens is 181 g/mol. The van der Waals surface area contributed by atoms with Crippen LogP contribution in [0.2, 0.25) is 0 Å². The standard InChI is InChI=1S/C8H8NO3.Na/c10-8(6-9(11)12)7-4-2-1-3-5-7;/h1-5,8H,6H2;/q-1;+1. The van der Waals surface area contributed by atoms with Gasteiger partial charge in [0.1, 0.15) is 0 Å². The third-order valence-electron chi connectivity index (χ3n) is 1.49. The predicted molar refractivity (Wildman–Crippen MR) is 41.0 cm³/mol. The molecule has 0 spiro atoms. The molecule has 1 aromatic carbocycles. The van der Waals surface area contributed by atoms with Gasteiger partial charge in [-0.3, -0.25) is 10.1 Å². The Balaban J connectivity index is 0.00000144. The molecule has 0 saturated carbocycles. The second kappa shape index (κ2) is 6.10. The van der Waals surface area contributed by atoms with Crippen LogP contribution in [-0.2, 0) is 0 Å². The van der Waals surface area contributed by atoms with Crippen LogP contribution >= 0.6 is 0 Å². The van der Waals surface area contributed by atoms with E-state index >= 15 is 0 Å². The van der Waals surface area contributed by atoms with Crippen LogP contribution in [0.1, 0.15) is 11.7 Å². The van der Waals surface area contributed by atoms with E-state index in [4.69, 9.17) is 0 Å². The molecule has 0 heterocycles. The number of nitrogens with zero attached hydrogens (tertiary/aromatic N) is 1. The van der Waals surface area contributed by atoms with Gasteiger partial charge in [0.25, 0.3) is 0 Å². The van der Waals surface area contributed by atoms with E-state index in [1.54, 1.807) is 30.3 Å². The molecule has 0 aliphatic heterocycles. The Labute approximate surface area is 98.0 Å². The maximum Gasteiger partial charge on any atom is 1.00 e. The van der Waals surface area contributed by atoms with E-state index in [0.29, 0.717) is 5.56 Å². The first-order chi connectivity index (χ1) is 5.70. The number of nitro groups is 1. The molecule has 0 fully saturated rings. The molecule has 0 N–H and O–H groups in total. The Hall–Kier alpha value is -0.420. The summed E-state index contributed by atoms with van der Waals surface area (Å²) in [6.45, 7) is -0.552. The molecule has 0 aliphatic rings. The number of benzene rings is 1. The van der Waals surface area contributed by atoms with Crippen molar-refractivity contribution in [2.45, 2.75) is 6.10 Å². The minimum absolute atomic E-state index is 0. The van der Waals surface area contributed by atoms with Crippen molar-refractivity contribution in [3.8, 4) is 0 Å². The van der Waals surface area contributed by atoms with Crippen LogP contribution in [0.4, 0.5) is 0 Å². The van der Waals surface area contributed by atoms with Crippen molar-refractivity contribution in [2.75, 3.05) is 6.54 Å². The molecule has 0 saturated heterocycles. The molecule has 1 unspecified atom stereocenters. The van der Waals surface area contributed by atoms with Crippen LogP contribution in [0.5, 0.6) is 0 Å². The largest absolute Gasteiger partial charge is 1.00 e. The first-order valence-electron chi connectivity index (χ1n) is 3.52. The Morgan fingerprint density at radius 1 is 1.31 bits per heavy atom. The summed E-state index contributed by atoms with van der Waals surface area (Å²) in [6, 6.07) is 8.35. The Bertz CT molecular complexity index is 265. The van der Waals surface area contributed by atoms with Crippen LogP contribution in [0.3, 0.4) is 0 Å². The van der Waals surface area contributed by atoms with Gasteiger partial charge in [0.05, 0.1) is 0 Å². The Morgan fingerprint density at radius 2 is 1.85 bits per heavy atom. The quantitative estimate of drug-likeness (QED) is 0.297. The first-order valence-corrected chi connectivity index (χ1v) is 3.52. The van der Waals surface area contributed by atoms with Crippen LogP contribution in [0, 0.1) is 10.1 Å². The normalized spacial score (nSPS) is 11.5. The average molecular weight is 189 g/mol. The molecule has 1 rings (SSSR count). The fourth-order valence-corrected chi connectivity index (χ4v) is 0.908. The summed E-state index contributed by atoms with van der Waals surface area (Å²) < 4.78 is 0. The Morgan fingerprint density at radius 3 is 2.31 bits per heavy atom. The average Bonchev–Trinajstić information content (AvgIpc) is 2.05. The second-order valence-corrected chi connectivity index (χ2v) is 2.41. The van der Waals surface area contributed by atoms with E-state index in [1.165, 1.54) is 0 Å². The van der Waals surface area contributed by atoms with E-state index in [1.807, 2.05) is 0 Å². The van der Waals surface area contributed by atoms with Crippen molar-refractivity contribution in [1.29, 1.82) is 0 Å². The van der Waals surface area contributed by atoms with Gasteiger partial charge in [-0.25, -0.2) is 0 Å². The maximum absolute atomic E-state index is 11.1. The molecule has 0 amide bonds. The van der Waals surface area contributed by atoms with Crippen LogP contribution in [0.25, 0.3) is 0 Å². The van der Waals surface area contributed by atoms with Gasteiger partial charge in [0.15, 0.2) is 6.54 Å². The van der Waals surface area contributed by atoms with Gasteiger partial charge in [-0.1, -0.05) is 35.9 Å². The number of hydrogen-bond donors (Lipinski definition) is 0. The monoisotopic (exact) mass is 189 g/mol. The van der Waals surface area contributed by atoms with Crippen molar-refractivity contribution in [2.24, 2.45) is 0 Å². The van der Waals surface area contributed by atoms with Gasteiger partial charge >= 0.3 is 29.6 Å². The third kappa shape index (κ3) is 4.38. The van der Waals surface area contributed by atoms with Crippen LogP contribution in [0.15, 0.2) is 30.3 Å². The van der Waals surface area contributed by atoms with Gasteiger partial charge in [-0.15, -0.1) is 0 Å². The molecule has 0 aliphatic carbocycles. The minimum Gasteiger partial charge on any atom is -0.844 e. The van der Waals surface area contributed by atoms with Gasteiger partial charge in [0, 0.05) is 4.92 Å². The zero-order valence-corrected chi connectivity index (χ0v) is 9.34. The van der Waals surface area contributed by atoms with Crippen molar-refractivity contribution >= 4 is 0 Å². The summed E-state index contributed by atoms with van der Waals surface area (Å²) in [5.74, 6) is 0. The molecule has 0 radical (unpaired) electrons. The van der Waals surface area contributed by atoms with Crippen LogP contribution < -0.4 is 34.7 Å². The maximum atomic E-state index is 11.1. The third-order valence-corrected chi connectivity index (χ3v) is 1.49. The molecule has 1 aromatic rings. The van der Waals surface area contributed by atoms with Gasteiger partial charge in [-0.05, 0) is 6.10 Å². The molecule has 0 bridgehead atoms. The zero-order valence-electron chi connectivity index (χ0n) is 7.34. The van der Waals surface area contributed by atoms with Crippen molar-refractivity contribution in [1.82, 2.24) is 0 Å². The van der Waals surface area contributed by atoms with E-state index in [-0.39, 0.29) is 29.6 Å². The van der Waals surface area contributed by atoms with Gasteiger partial charge in [0.2, 0.25) is 0 Å². The summed E-state index contributed by atoms with van der Waals surface area (Å²) >= 11 is 0. The van der Waals surface area contributed by atoms with E-state index in [9.17, 15) is 15.2 Å². The summed E-state index contributed by atoms with van der Waals surface area (Å²) in [5.41, 5.74) is 0.467. The molecule has 0 aromatic heterocycles. The van der Waals surface area contributed by atoms with Crippen molar-refractivity contribution < 1.29 is 39.6 Å². The van der Waals surface area contributed by atoms with E-state index in [2.05, 4.69) is 0 Å². The van der Waals surface area contributed by atoms with Gasteiger partial charge < -0.3 is 5.11 Å². The minimum atomic E-state index is -1.25. The van der Waals surface area contributed by atoms with Crippen LogP contribution in [-0.4, -0.2) is 11.5 Å². The number of hydrogen-bond acceptors (Lipinski definition) is 3. The summed E-state index contributed by atoms with van der Waals surface area (Å²) in [5, 5.41) is 21.1. The predicted octanol–water partition coefficient (Wildman–Crippen LogP) is -2.63. The molecule has 13 heavy (non-hydrogen) atoms. The fourth-order valence-electron chi connectivity index (χ4n) is 0.908. The van der Waals surface area contributed by atoms with E-state index in [0.717, 1.165) is 0 Å². The van der Waals surface area contributed by atoms with Gasteiger partial charge in [-0.2, -0.15) is 0 Å². The van der Waals surface area contributed by atoms with Crippen molar-refractivity contribution in [3.05, 3.63) is 46.0 Å². The summed E-state index contributed by atoms with van der Waals surface area (Å²) in [4.78, 5) is 9.40. The molecular formula is C8H8NNaO3. The van der Waals surface area contributed by atoms with Crippen molar-refractivity contribution in [3.63, 3.8) is 0 Å². The zero-order chi connectivity index (χ0) is 8.97. The Kier molecular flexibility index (Phi) is 5.90. The molecule has 1 atom stereocenters. The topological polar surface area (TPSA) is 66.2 Å². The molecule has 5 heteroatoms. The first kappa shape index (κ1) is 12.6. The molecule has 64 valence electrons. The smallest absolute Gasteiger partial charge is 0.844 e. The summed E-state index contributed by atoms with van der Waals surface area (Å²) in [6.07, 6.45) is -1.25. The fraction of sp³-hybridized carbons (Fsp3) is 0.250. The van der Waals surface area contributed by atoms with E-state index < -0.39 is 17.6 Å². The SMILES string of the molecule is O=[N+]([O-])CC([O-])c1ccccc1.[Na+]. The molecule has 4 nitrogen and oxygen atoms in total. The number of rotatable bonds is 3. The second-order valence-electron chi connectivity index (χ2n) is 2.41. The summed E-state index contributed by atoms with van der Waals surface area (Å²) in [7, 11) is 0.